The van der Waals surface area contributed by atoms with Crippen LogP contribution in [-0.2, 0) is 14.4 Å². The van der Waals surface area contributed by atoms with Crippen molar-refractivity contribution < 1.29 is 19.7 Å². The lowest BCUT2D eigenvalue weighted by molar-refractivity contribution is -0.205. The van der Waals surface area contributed by atoms with Crippen molar-refractivity contribution in [2.45, 2.75) is 20.0 Å². The molecule has 1 aliphatic rings. The van der Waals surface area contributed by atoms with Crippen molar-refractivity contribution in [3.05, 3.63) is 11.5 Å². The van der Waals surface area contributed by atoms with Gasteiger partial charge in [-0.2, -0.15) is 0 Å². The van der Waals surface area contributed by atoms with Crippen molar-refractivity contribution in [1.82, 2.24) is 0 Å². The Morgan fingerprint density at radius 3 is 2.50 bits per heavy atom. The zero-order chi connectivity index (χ0) is 7.72. The smallest absolute Gasteiger partial charge is 0.249 e. The minimum Gasteiger partial charge on any atom is -0.483 e. The van der Waals surface area contributed by atoms with Gasteiger partial charge in [0.2, 0.25) is 11.5 Å². The van der Waals surface area contributed by atoms with Crippen LogP contribution in [-0.4, -0.2) is 17.1 Å². The van der Waals surface area contributed by atoms with Crippen LogP contribution in [0.3, 0.4) is 0 Å². The molecule has 0 saturated heterocycles. The van der Waals surface area contributed by atoms with E-state index in [0.29, 0.717) is 5.76 Å². The zero-order valence-corrected chi connectivity index (χ0v) is 5.75. The lowest BCUT2D eigenvalue weighted by Crippen LogP contribution is -2.13. The number of carbonyl (C=O) groups excluding carboxylic acids is 1. The monoisotopic (exact) mass is 144 g/mol. The lowest BCUT2D eigenvalue weighted by Gasteiger charge is -1.99. The van der Waals surface area contributed by atoms with Crippen LogP contribution in [0.25, 0.3) is 0 Å². The van der Waals surface area contributed by atoms with Crippen molar-refractivity contribution >= 4 is 5.78 Å². The normalized spacial score (nSPS) is 25.1. The Hall–Kier alpha value is -1.03. The molecule has 1 rings (SSSR count). The molecular formula is C6H8O4. The van der Waals surface area contributed by atoms with Gasteiger partial charge in [-0.15, -0.1) is 0 Å². The number of allylic oxidation sites excluding steroid dienone is 1. The van der Waals surface area contributed by atoms with E-state index in [4.69, 9.17) is 9.99 Å². The highest BCUT2D eigenvalue weighted by molar-refractivity contribution is 5.98. The van der Waals surface area contributed by atoms with E-state index in [-0.39, 0.29) is 11.5 Å². The molecule has 1 atom stereocenters. The van der Waals surface area contributed by atoms with E-state index >= 15 is 0 Å². The minimum atomic E-state index is -0.526. The second-order valence-corrected chi connectivity index (χ2v) is 2.10. The van der Waals surface area contributed by atoms with E-state index in [1.165, 1.54) is 0 Å². The summed E-state index contributed by atoms with van der Waals surface area (Å²) in [6.45, 7) is 3.16. The second kappa shape index (κ2) is 2.30. The van der Waals surface area contributed by atoms with Gasteiger partial charge in [-0.3, -0.25) is 4.79 Å². The van der Waals surface area contributed by atoms with E-state index in [1.54, 1.807) is 13.8 Å². The van der Waals surface area contributed by atoms with Gasteiger partial charge in [-0.1, -0.05) is 0 Å². The summed E-state index contributed by atoms with van der Waals surface area (Å²) in [4.78, 5) is 14.7. The van der Waals surface area contributed by atoms with Gasteiger partial charge in [-0.05, 0) is 13.8 Å². The number of ether oxygens (including phenoxy) is 1. The Balaban J connectivity index is 2.85. The van der Waals surface area contributed by atoms with Crippen molar-refractivity contribution in [2.24, 2.45) is 0 Å². The number of carbonyl (C=O) groups is 1. The van der Waals surface area contributed by atoms with Crippen LogP contribution in [0, 0.1) is 0 Å². The standard InChI is InChI=1S/C6H8O4/c1-3-5(7)6(10-8)4(2)9-3/h3,8H,1-2H3. The Morgan fingerprint density at radius 2 is 2.30 bits per heavy atom. The highest BCUT2D eigenvalue weighted by Crippen LogP contribution is 2.20. The Bertz CT molecular complexity index is 194. The zero-order valence-electron chi connectivity index (χ0n) is 5.75. The number of rotatable bonds is 1. The molecule has 0 amide bonds. The fourth-order valence-electron chi connectivity index (χ4n) is 0.840. The molecule has 0 fully saturated rings. The average molecular weight is 144 g/mol. The first-order valence-corrected chi connectivity index (χ1v) is 2.90. The van der Waals surface area contributed by atoms with Crippen LogP contribution < -0.4 is 0 Å². The van der Waals surface area contributed by atoms with E-state index < -0.39 is 6.10 Å². The Kier molecular flexibility index (Phi) is 1.63. The number of hydrogen-bond acceptors (Lipinski definition) is 4. The van der Waals surface area contributed by atoms with Gasteiger partial charge in [0.15, 0.2) is 6.10 Å². The Morgan fingerprint density at radius 1 is 1.70 bits per heavy atom. The molecule has 0 bridgehead atoms. The minimum absolute atomic E-state index is 0.0903. The first-order chi connectivity index (χ1) is 4.66. The molecule has 0 saturated carbocycles. The fraction of sp³-hybridized carbons (Fsp3) is 0.500. The van der Waals surface area contributed by atoms with Crippen LogP contribution in [0.15, 0.2) is 11.5 Å². The summed E-state index contributed by atoms with van der Waals surface area (Å²) in [5, 5.41) is 8.17. The van der Waals surface area contributed by atoms with Gasteiger partial charge in [0.05, 0.1) is 0 Å². The molecule has 1 N–H and O–H groups in total. The summed E-state index contributed by atoms with van der Waals surface area (Å²) in [6.07, 6.45) is -0.526. The quantitative estimate of drug-likeness (QED) is 0.434. The van der Waals surface area contributed by atoms with Gasteiger partial charge in [0.1, 0.15) is 5.76 Å². The number of hydrogen-bond donors (Lipinski definition) is 1. The first-order valence-electron chi connectivity index (χ1n) is 2.90. The summed E-state index contributed by atoms with van der Waals surface area (Å²) >= 11 is 0. The van der Waals surface area contributed by atoms with E-state index in [2.05, 4.69) is 4.89 Å². The molecule has 10 heavy (non-hydrogen) atoms. The van der Waals surface area contributed by atoms with Crippen molar-refractivity contribution in [3.63, 3.8) is 0 Å². The summed E-state index contributed by atoms with van der Waals surface area (Å²) in [5.74, 6) is -0.0764. The summed E-state index contributed by atoms with van der Waals surface area (Å²) in [7, 11) is 0. The molecule has 0 aromatic carbocycles. The van der Waals surface area contributed by atoms with Crippen LogP contribution in [0.1, 0.15) is 13.8 Å². The Labute approximate surface area is 58.0 Å². The molecule has 56 valence electrons. The molecular weight excluding hydrogens is 136 g/mol. The predicted molar refractivity (Wildman–Crippen MR) is 32.0 cm³/mol. The molecule has 4 heteroatoms. The SMILES string of the molecule is CC1=C(OO)C(=O)C(C)O1. The van der Waals surface area contributed by atoms with Gasteiger partial charge in [0, 0.05) is 0 Å². The molecule has 1 aliphatic heterocycles. The van der Waals surface area contributed by atoms with Crippen molar-refractivity contribution in [2.75, 3.05) is 0 Å². The van der Waals surface area contributed by atoms with Crippen molar-refractivity contribution in [3.8, 4) is 0 Å². The third-order valence-electron chi connectivity index (χ3n) is 1.36. The van der Waals surface area contributed by atoms with E-state index in [9.17, 15) is 4.79 Å². The summed E-state index contributed by atoms with van der Waals surface area (Å²) in [6, 6.07) is 0. The predicted octanol–water partition coefficient (Wildman–Crippen LogP) is 0.695. The van der Waals surface area contributed by atoms with Crippen LogP contribution >= 0.6 is 0 Å². The lowest BCUT2D eigenvalue weighted by atomic mass is 10.2. The molecule has 0 aromatic heterocycles. The average Bonchev–Trinajstić information content (AvgIpc) is 2.09. The number of Topliss-reactive ketones (excluding diaryl/α,β-unsaturated/α-hetero) is 1. The molecule has 1 heterocycles. The molecule has 0 radical (unpaired) electrons. The highest BCUT2D eigenvalue weighted by Gasteiger charge is 2.31. The van der Waals surface area contributed by atoms with Gasteiger partial charge < -0.3 is 9.62 Å². The molecule has 0 spiro atoms. The topological polar surface area (TPSA) is 55.8 Å². The summed E-state index contributed by atoms with van der Waals surface area (Å²) in [5.41, 5.74) is 0. The first kappa shape index (κ1) is 7.08. The fourth-order valence-corrected chi connectivity index (χ4v) is 0.840. The maximum atomic E-state index is 10.9. The maximum absolute atomic E-state index is 10.9. The third kappa shape index (κ3) is 0.863. The highest BCUT2D eigenvalue weighted by atomic mass is 17.1. The van der Waals surface area contributed by atoms with Gasteiger partial charge in [0.25, 0.3) is 0 Å². The second-order valence-electron chi connectivity index (χ2n) is 2.10. The van der Waals surface area contributed by atoms with Gasteiger partial charge >= 0.3 is 0 Å². The van der Waals surface area contributed by atoms with Crippen LogP contribution in [0.5, 0.6) is 0 Å². The van der Waals surface area contributed by atoms with Crippen molar-refractivity contribution in [1.29, 1.82) is 0 Å². The largest absolute Gasteiger partial charge is 0.483 e. The third-order valence-corrected chi connectivity index (χ3v) is 1.36. The molecule has 1 unspecified atom stereocenters. The van der Waals surface area contributed by atoms with Crippen LogP contribution in [0.2, 0.25) is 0 Å². The maximum Gasteiger partial charge on any atom is 0.249 e. The number of ketones is 1. The molecule has 0 aromatic rings. The van der Waals surface area contributed by atoms with E-state index in [1.807, 2.05) is 0 Å². The van der Waals surface area contributed by atoms with E-state index in [0.717, 1.165) is 0 Å². The summed E-state index contributed by atoms with van der Waals surface area (Å²) < 4.78 is 4.92. The molecule has 4 nitrogen and oxygen atoms in total. The van der Waals surface area contributed by atoms with Crippen LogP contribution in [0.4, 0.5) is 0 Å². The van der Waals surface area contributed by atoms with Gasteiger partial charge in [-0.25, -0.2) is 5.26 Å². The molecule has 0 aliphatic carbocycles.